The normalized spacial score (nSPS) is 18.0. The molecule has 3 rings (SSSR count). The first-order valence-electron chi connectivity index (χ1n) is 7.64. The Kier molecular flexibility index (Phi) is 3.94. The maximum atomic E-state index is 12.1. The summed E-state index contributed by atoms with van der Waals surface area (Å²) >= 11 is 6.28. The Morgan fingerprint density at radius 1 is 1.48 bits per heavy atom. The second-order valence-electron chi connectivity index (χ2n) is 6.29. The zero-order valence-corrected chi connectivity index (χ0v) is 13.3. The van der Waals surface area contributed by atoms with Crippen LogP contribution in [0.3, 0.4) is 0 Å². The van der Waals surface area contributed by atoms with Gasteiger partial charge in [-0.3, -0.25) is 4.79 Å². The first kappa shape index (κ1) is 14.5. The number of H-pyrrole nitrogens is 1. The molecule has 1 aromatic carbocycles. The average Bonchev–Trinajstić information content (AvgIpc) is 2.79. The van der Waals surface area contributed by atoms with Crippen LogP contribution in [0.5, 0.6) is 0 Å². The van der Waals surface area contributed by atoms with Gasteiger partial charge in [-0.05, 0) is 36.8 Å². The number of aryl methyl sites for hydroxylation is 1. The third kappa shape index (κ3) is 2.80. The van der Waals surface area contributed by atoms with Crippen LogP contribution in [-0.2, 0) is 11.2 Å². The van der Waals surface area contributed by atoms with Crippen molar-refractivity contribution in [3.63, 3.8) is 0 Å². The van der Waals surface area contributed by atoms with E-state index in [0.717, 1.165) is 35.5 Å². The topological polar surface area (TPSA) is 44.9 Å². The van der Waals surface area contributed by atoms with Crippen molar-refractivity contribution in [3.8, 4) is 0 Å². The number of hydrogen-bond acceptors (Lipinski definition) is 1. The Hall–Kier alpha value is -1.48. The SMILES string of the molecule is CC(C)CC(=O)NC1CCCc2c1[nH]c1c(Cl)cccc21. The number of halogens is 1. The molecule has 0 fully saturated rings. The minimum atomic E-state index is 0.0865. The quantitative estimate of drug-likeness (QED) is 0.869. The summed E-state index contributed by atoms with van der Waals surface area (Å²) in [6.45, 7) is 4.13. The minimum Gasteiger partial charge on any atom is -0.355 e. The van der Waals surface area contributed by atoms with Crippen molar-refractivity contribution in [2.75, 3.05) is 0 Å². The molecule has 0 bridgehead atoms. The third-order valence-electron chi connectivity index (χ3n) is 4.12. The molecule has 1 atom stereocenters. The largest absolute Gasteiger partial charge is 0.355 e. The first-order chi connectivity index (χ1) is 10.1. The number of amides is 1. The molecule has 2 aromatic rings. The summed E-state index contributed by atoms with van der Waals surface area (Å²) < 4.78 is 0. The zero-order valence-electron chi connectivity index (χ0n) is 12.5. The molecule has 0 radical (unpaired) electrons. The highest BCUT2D eigenvalue weighted by molar-refractivity contribution is 6.35. The van der Waals surface area contributed by atoms with Crippen LogP contribution in [0.2, 0.25) is 5.02 Å². The van der Waals surface area contributed by atoms with Crippen molar-refractivity contribution in [1.82, 2.24) is 10.3 Å². The van der Waals surface area contributed by atoms with Crippen molar-refractivity contribution in [1.29, 1.82) is 0 Å². The van der Waals surface area contributed by atoms with E-state index in [0.29, 0.717) is 12.3 Å². The molecule has 1 heterocycles. The maximum absolute atomic E-state index is 12.1. The van der Waals surface area contributed by atoms with Crippen LogP contribution in [0.25, 0.3) is 10.9 Å². The molecule has 0 aliphatic heterocycles. The monoisotopic (exact) mass is 304 g/mol. The molecule has 1 unspecified atom stereocenters. The molecule has 4 heteroatoms. The second kappa shape index (κ2) is 5.72. The standard InChI is InChI=1S/C17H21ClN2O/c1-10(2)9-15(21)19-14-8-4-6-12-11-5-3-7-13(18)16(11)20-17(12)14/h3,5,7,10,14,20H,4,6,8-9H2,1-2H3,(H,19,21). The summed E-state index contributed by atoms with van der Waals surface area (Å²) in [6, 6.07) is 6.08. The van der Waals surface area contributed by atoms with Gasteiger partial charge in [0.05, 0.1) is 16.6 Å². The molecule has 0 saturated carbocycles. The lowest BCUT2D eigenvalue weighted by Gasteiger charge is -2.24. The average molecular weight is 305 g/mol. The highest BCUT2D eigenvalue weighted by Gasteiger charge is 2.26. The summed E-state index contributed by atoms with van der Waals surface area (Å²) in [5, 5.41) is 5.11. The minimum absolute atomic E-state index is 0.0865. The Morgan fingerprint density at radius 3 is 3.05 bits per heavy atom. The third-order valence-corrected chi connectivity index (χ3v) is 4.44. The lowest BCUT2D eigenvalue weighted by molar-refractivity contribution is -0.122. The predicted octanol–water partition coefficient (Wildman–Crippen LogP) is 4.36. The second-order valence-corrected chi connectivity index (χ2v) is 6.70. The van der Waals surface area contributed by atoms with Crippen molar-refractivity contribution < 1.29 is 4.79 Å². The molecule has 2 N–H and O–H groups in total. The molecule has 21 heavy (non-hydrogen) atoms. The van der Waals surface area contributed by atoms with Gasteiger partial charge in [0.1, 0.15) is 0 Å². The number of para-hydroxylation sites is 1. The molecule has 112 valence electrons. The molecule has 1 aliphatic rings. The highest BCUT2D eigenvalue weighted by Crippen LogP contribution is 2.36. The molecule has 1 amide bonds. The van der Waals surface area contributed by atoms with Gasteiger partial charge in [0.15, 0.2) is 0 Å². The Morgan fingerprint density at radius 2 is 2.29 bits per heavy atom. The van der Waals surface area contributed by atoms with E-state index in [9.17, 15) is 4.79 Å². The summed E-state index contributed by atoms with van der Waals surface area (Å²) in [7, 11) is 0. The zero-order chi connectivity index (χ0) is 15.0. The fourth-order valence-corrected chi connectivity index (χ4v) is 3.44. The molecule has 0 saturated heterocycles. The molecule has 0 spiro atoms. The van der Waals surface area contributed by atoms with E-state index in [4.69, 9.17) is 11.6 Å². The van der Waals surface area contributed by atoms with Gasteiger partial charge < -0.3 is 10.3 Å². The lowest BCUT2D eigenvalue weighted by atomic mass is 9.91. The molecule has 1 aliphatic carbocycles. The van der Waals surface area contributed by atoms with Gasteiger partial charge in [-0.25, -0.2) is 0 Å². The summed E-state index contributed by atoms with van der Waals surface area (Å²) in [5.74, 6) is 0.512. The summed E-state index contributed by atoms with van der Waals surface area (Å²) in [5.41, 5.74) is 3.45. The number of rotatable bonds is 3. The summed E-state index contributed by atoms with van der Waals surface area (Å²) in [6.07, 6.45) is 3.71. The van der Waals surface area contributed by atoms with E-state index in [1.54, 1.807) is 0 Å². The number of nitrogens with one attached hydrogen (secondary N) is 2. The summed E-state index contributed by atoms with van der Waals surface area (Å²) in [4.78, 5) is 15.5. The number of carbonyl (C=O) groups excluding carboxylic acids is 1. The molecular weight excluding hydrogens is 284 g/mol. The van der Waals surface area contributed by atoms with Gasteiger partial charge in [-0.15, -0.1) is 0 Å². The number of carbonyl (C=O) groups is 1. The van der Waals surface area contributed by atoms with Gasteiger partial charge >= 0.3 is 0 Å². The van der Waals surface area contributed by atoms with Crippen LogP contribution in [-0.4, -0.2) is 10.9 Å². The van der Waals surface area contributed by atoms with Crippen molar-refractivity contribution in [2.24, 2.45) is 5.92 Å². The fourth-order valence-electron chi connectivity index (χ4n) is 3.22. The number of hydrogen-bond donors (Lipinski definition) is 2. The van der Waals surface area contributed by atoms with Crippen LogP contribution in [0.15, 0.2) is 18.2 Å². The molecular formula is C17H21ClN2O. The van der Waals surface area contributed by atoms with E-state index >= 15 is 0 Å². The van der Waals surface area contributed by atoms with Crippen LogP contribution in [0.1, 0.15) is 50.4 Å². The van der Waals surface area contributed by atoms with E-state index in [1.807, 2.05) is 12.1 Å². The number of aromatic amines is 1. The van der Waals surface area contributed by atoms with Gasteiger partial charge in [0, 0.05) is 17.5 Å². The Balaban J connectivity index is 1.93. The highest BCUT2D eigenvalue weighted by atomic mass is 35.5. The predicted molar refractivity (Wildman–Crippen MR) is 86.6 cm³/mol. The van der Waals surface area contributed by atoms with Crippen molar-refractivity contribution in [3.05, 3.63) is 34.5 Å². The Labute approximate surface area is 130 Å². The Bertz CT molecular complexity index is 675. The van der Waals surface area contributed by atoms with Gasteiger partial charge in [0.25, 0.3) is 0 Å². The van der Waals surface area contributed by atoms with Crippen LogP contribution in [0.4, 0.5) is 0 Å². The fraction of sp³-hybridized carbons (Fsp3) is 0.471. The van der Waals surface area contributed by atoms with Gasteiger partial charge in [0.2, 0.25) is 5.91 Å². The van der Waals surface area contributed by atoms with E-state index in [1.165, 1.54) is 10.9 Å². The van der Waals surface area contributed by atoms with Crippen LogP contribution < -0.4 is 5.32 Å². The lowest BCUT2D eigenvalue weighted by Crippen LogP contribution is -2.31. The van der Waals surface area contributed by atoms with Crippen molar-refractivity contribution >= 4 is 28.4 Å². The van der Waals surface area contributed by atoms with Crippen LogP contribution in [0, 0.1) is 5.92 Å². The van der Waals surface area contributed by atoms with Gasteiger partial charge in [-0.1, -0.05) is 37.6 Å². The van der Waals surface area contributed by atoms with Crippen LogP contribution >= 0.6 is 11.6 Å². The molecule has 1 aromatic heterocycles. The van der Waals surface area contributed by atoms with E-state index in [2.05, 4.69) is 30.2 Å². The molecule has 3 nitrogen and oxygen atoms in total. The number of fused-ring (bicyclic) bond motifs is 3. The maximum Gasteiger partial charge on any atom is 0.220 e. The number of aromatic nitrogens is 1. The van der Waals surface area contributed by atoms with Gasteiger partial charge in [-0.2, -0.15) is 0 Å². The van der Waals surface area contributed by atoms with E-state index in [-0.39, 0.29) is 11.9 Å². The number of benzene rings is 1. The smallest absolute Gasteiger partial charge is 0.220 e. The van der Waals surface area contributed by atoms with E-state index < -0.39 is 0 Å². The van der Waals surface area contributed by atoms with Crippen molar-refractivity contribution in [2.45, 2.75) is 45.6 Å². The first-order valence-corrected chi connectivity index (χ1v) is 8.02.